The molecule has 10 heteroatoms. The van der Waals surface area contributed by atoms with Gasteiger partial charge in [-0.3, -0.25) is 9.59 Å². The number of carbonyl (C=O) groups is 2. The molecule has 0 fully saturated rings. The Morgan fingerprint density at radius 2 is 2.24 bits per heavy atom. The van der Waals surface area contributed by atoms with Crippen molar-refractivity contribution in [2.24, 2.45) is 0 Å². The first kappa shape index (κ1) is 15.5. The van der Waals surface area contributed by atoms with E-state index in [1.165, 1.54) is 0 Å². The molecule has 0 bridgehead atoms. The van der Waals surface area contributed by atoms with Gasteiger partial charge in [0.1, 0.15) is 35.7 Å². The van der Waals surface area contributed by atoms with E-state index in [0.717, 1.165) is 24.7 Å². The molecule has 0 radical (unpaired) electrons. The van der Waals surface area contributed by atoms with Crippen LogP contribution in [0.4, 0.5) is 14.5 Å². The number of amides is 2. The summed E-state index contributed by atoms with van der Waals surface area (Å²) in [6.07, 6.45) is 1.67. The fourth-order valence-corrected chi connectivity index (χ4v) is 2.80. The van der Waals surface area contributed by atoms with Crippen LogP contribution in [0.25, 0.3) is 0 Å². The van der Waals surface area contributed by atoms with Gasteiger partial charge >= 0.3 is 0 Å². The molecule has 2 amide bonds. The molecule has 3 heterocycles. The van der Waals surface area contributed by atoms with Gasteiger partial charge in [-0.1, -0.05) is 0 Å². The van der Waals surface area contributed by atoms with Crippen molar-refractivity contribution in [3.8, 4) is 5.75 Å². The molecule has 1 aromatic carbocycles. The van der Waals surface area contributed by atoms with E-state index >= 15 is 0 Å². The second-order valence-electron chi connectivity index (χ2n) is 5.77. The van der Waals surface area contributed by atoms with Crippen LogP contribution in [0.15, 0.2) is 12.1 Å². The summed E-state index contributed by atoms with van der Waals surface area (Å²) in [5, 5.41) is 8.83. The Kier molecular flexibility index (Phi) is 3.59. The third-order valence-electron chi connectivity index (χ3n) is 4.02. The van der Waals surface area contributed by atoms with Gasteiger partial charge in [0.2, 0.25) is 5.82 Å². The summed E-state index contributed by atoms with van der Waals surface area (Å²) in [6.45, 7) is 0.420. The quantitative estimate of drug-likeness (QED) is 0.829. The van der Waals surface area contributed by atoms with E-state index < -0.39 is 29.5 Å². The Bertz CT molecular complexity index is 861. The van der Waals surface area contributed by atoms with Crippen molar-refractivity contribution in [3.63, 3.8) is 0 Å². The van der Waals surface area contributed by atoms with Gasteiger partial charge in [-0.2, -0.15) is 0 Å². The summed E-state index contributed by atoms with van der Waals surface area (Å²) in [5.41, 5.74) is -0.262. The lowest BCUT2D eigenvalue weighted by molar-refractivity contribution is -0.118. The largest absolute Gasteiger partial charge is 0.488 e. The molecule has 0 unspecified atom stereocenters. The smallest absolute Gasteiger partial charge is 0.291 e. The minimum atomic E-state index is -1.10. The second kappa shape index (κ2) is 5.80. The number of nitrogens with zero attached hydrogens (tertiary/aromatic N) is 3. The minimum Gasteiger partial charge on any atom is -0.488 e. The molecule has 25 heavy (non-hydrogen) atoms. The van der Waals surface area contributed by atoms with Gasteiger partial charge in [-0.15, -0.1) is 5.10 Å². The van der Waals surface area contributed by atoms with E-state index in [0.29, 0.717) is 12.6 Å². The summed E-state index contributed by atoms with van der Waals surface area (Å²) in [5.74, 6) is -2.56. The maximum absolute atomic E-state index is 13.8. The molecule has 0 saturated carbocycles. The molecule has 2 aliphatic rings. The molecule has 0 saturated heterocycles. The summed E-state index contributed by atoms with van der Waals surface area (Å²) in [6, 6.07) is 0.503. The van der Waals surface area contributed by atoms with Crippen molar-refractivity contribution in [3.05, 3.63) is 35.4 Å². The maximum Gasteiger partial charge on any atom is 0.291 e. The van der Waals surface area contributed by atoms with E-state index in [9.17, 15) is 18.4 Å². The van der Waals surface area contributed by atoms with E-state index in [4.69, 9.17) is 4.74 Å². The van der Waals surface area contributed by atoms with Crippen molar-refractivity contribution in [2.75, 3.05) is 11.9 Å². The highest BCUT2D eigenvalue weighted by Gasteiger charge is 2.30. The van der Waals surface area contributed by atoms with Gasteiger partial charge in [-0.25, -0.2) is 18.4 Å². The zero-order valence-corrected chi connectivity index (χ0v) is 12.9. The SMILES string of the molecule is O=C(N[C@H]1COc2cc(F)cc(F)c2NC1=O)c1nc2n(n1)CCC2. The second-order valence-corrected chi connectivity index (χ2v) is 5.77. The number of aryl methyl sites for hydroxylation is 2. The monoisotopic (exact) mass is 349 g/mol. The van der Waals surface area contributed by atoms with Crippen molar-refractivity contribution in [1.29, 1.82) is 0 Å². The molecular weight excluding hydrogens is 336 g/mol. The predicted octanol–water partition coefficient (Wildman–Crippen LogP) is 0.632. The van der Waals surface area contributed by atoms with E-state index in [-0.39, 0.29) is 23.9 Å². The average Bonchev–Trinajstić information content (AvgIpc) is 3.11. The topological polar surface area (TPSA) is 98.1 Å². The summed E-state index contributed by atoms with van der Waals surface area (Å²) in [4.78, 5) is 28.6. The zero-order valence-electron chi connectivity index (χ0n) is 12.9. The number of rotatable bonds is 2. The van der Waals surface area contributed by atoms with Crippen LogP contribution in [-0.4, -0.2) is 39.2 Å². The molecule has 1 aromatic heterocycles. The summed E-state index contributed by atoms with van der Waals surface area (Å²) in [7, 11) is 0. The fourth-order valence-electron chi connectivity index (χ4n) is 2.80. The Labute approximate surface area is 140 Å². The molecule has 2 aliphatic heterocycles. The fraction of sp³-hybridized carbons (Fsp3) is 0.333. The highest BCUT2D eigenvalue weighted by atomic mass is 19.1. The van der Waals surface area contributed by atoms with Gasteiger partial charge in [0.25, 0.3) is 11.8 Å². The standard InChI is InChI=1S/C15H13F2N5O3/c16-7-4-8(17)12-10(5-7)25-6-9(14(23)20-12)18-15(24)13-19-11-2-1-3-22(11)21-13/h4-5,9H,1-3,6H2,(H,18,24)(H,20,23)/t9-/m0/s1. The molecule has 4 rings (SSSR count). The number of halogens is 2. The number of anilines is 1. The average molecular weight is 349 g/mol. The molecular formula is C15H13F2N5O3. The Balaban J connectivity index is 1.51. The Morgan fingerprint density at radius 3 is 3.04 bits per heavy atom. The summed E-state index contributed by atoms with van der Waals surface area (Å²) < 4.78 is 34.0. The lowest BCUT2D eigenvalue weighted by atomic mass is 10.2. The van der Waals surface area contributed by atoms with Gasteiger partial charge in [-0.05, 0) is 6.42 Å². The zero-order chi connectivity index (χ0) is 17.6. The lowest BCUT2D eigenvalue weighted by Gasteiger charge is -2.13. The third kappa shape index (κ3) is 2.79. The number of ether oxygens (including phenoxy) is 1. The van der Waals surface area contributed by atoms with Gasteiger partial charge in [0.05, 0.1) is 0 Å². The van der Waals surface area contributed by atoms with Gasteiger partial charge < -0.3 is 15.4 Å². The number of aromatic nitrogens is 3. The maximum atomic E-state index is 13.8. The van der Waals surface area contributed by atoms with Crippen LogP contribution in [-0.2, 0) is 17.8 Å². The molecule has 2 N–H and O–H groups in total. The highest BCUT2D eigenvalue weighted by molar-refractivity contribution is 6.01. The molecule has 8 nitrogen and oxygen atoms in total. The number of nitrogens with one attached hydrogen (secondary N) is 2. The van der Waals surface area contributed by atoms with Crippen LogP contribution in [0.2, 0.25) is 0 Å². The van der Waals surface area contributed by atoms with Gasteiger partial charge in [0.15, 0.2) is 5.82 Å². The molecule has 130 valence electrons. The predicted molar refractivity (Wildman–Crippen MR) is 80.1 cm³/mol. The highest BCUT2D eigenvalue weighted by Crippen LogP contribution is 2.31. The normalized spacial score (nSPS) is 18.6. The molecule has 1 atom stereocenters. The van der Waals surface area contributed by atoms with Crippen molar-refractivity contribution < 1.29 is 23.1 Å². The Morgan fingerprint density at radius 1 is 1.40 bits per heavy atom. The Hall–Kier alpha value is -3.04. The van der Waals surface area contributed by atoms with Crippen molar-refractivity contribution >= 4 is 17.5 Å². The third-order valence-corrected chi connectivity index (χ3v) is 4.02. The van der Waals surface area contributed by atoms with Crippen LogP contribution in [0, 0.1) is 11.6 Å². The first-order chi connectivity index (χ1) is 12.0. The van der Waals surface area contributed by atoms with Crippen LogP contribution in [0.1, 0.15) is 22.9 Å². The summed E-state index contributed by atoms with van der Waals surface area (Å²) >= 11 is 0. The van der Waals surface area contributed by atoms with Crippen LogP contribution in [0.5, 0.6) is 5.75 Å². The van der Waals surface area contributed by atoms with Gasteiger partial charge in [0, 0.05) is 25.1 Å². The van der Waals surface area contributed by atoms with Crippen LogP contribution >= 0.6 is 0 Å². The van der Waals surface area contributed by atoms with E-state index in [2.05, 4.69) is 20.7 Å². The molecule has 2 aromatic rings. The molecule has 0 spiro atoms. The lowest BCUT2D eigenvalue weighted by Crippen LogP contribution is -2.46. The number of benzene rings is 1. The first-order valence-electron chi connectivity index (χ1n) is 7.68. The number of carbonyl (C=O) groups excluding carboxylic acids is 2. The minimum absolute atomic E-state index is 0.0403. The van der Waals surface area contributed by atoms with Crippen molar-refractivity contribution in [2.45, 2.75) is 25.4 Å². The first-order valence-corrected chi connectivity index (χ1v) is 7.68. The van der Waals surface area contributed by atoms with E-state index in [1.807, 2.05) is 0 Å². The van der Waals surface area contributed by atoms with Crippen LogP contribution in [0.3, 0.4) is 0 Å². The van der Waals surface area contributed by atoms with Crippen molar-refractivity contribution in [1.82, 2.24) is 20.1 Å². The number of hydrogen-bond acceptors (Lipinski definition) is 5. The number of hydrogen-bond donors (Lipinski definition) is 2. The van der Waals surface area contributed by atoms with E-state index in [1.54, 1.807) is 4.68 Å². The molecule has 0 aliphatic carbocycles. The van der Waals surface area contributed by atoms with Crippen LogP contribution < -0.4 is 15.4 Å². The number of fused-ring (bicyclic) bond motifs is 2.